The summed E-state index contributed by atoms with van der Waals surface area (Å²) in [6.07, 6.45) is 1.93. The van der Waals surface area contributed by atoms with Crippen LogP contribution in [0.3, 0.4) is 0 Å². The summed E-state index contributed by atoms with van der Waals surface area (Å²) in [6.45, 7) is 13.6. The second-order valence-electron chi connectivity index (χ2n) is 21.8. The zero-order chi connectivity index (χ0) is 50.9. The van der Waals surface area contributed by atoms with Crippen LogP contribution in [0.4, 0.5) is 0 Å². The third-order valence-electron chi connectivity index (χ3n) is 15.1. The van der Waals surface area contributed by atoms with E-state index in [-0.39, 0.29) is 10.8 Å². The molecule has 14 rings (SSSR count). The molecule has 0 radical (unpaired) electrons. The minimum Gasteiger partial charge on any atom is 0.0620 e. The van der Waals surface area contributed by atoms with Gasteiger partial charge in [0.1, 0.15) is 0 Å². The number of fused-ring (bicyclic) bond motifs is 10. The molecule has 0 bridgehead atoms. The molecule has 366 valence electrons. The summed E-state index contributed by atoms with van der Waals surface area (Å²) < 4.78 is 17.3. The molecule has 0 fully saturated rings. The number of hydrogen-bond acceptors (Lipinski definition) is 2. The Labute approximate surface area is 446 Å². The van der Waals surface area contributed by atoms with Gasteiger partial charge < -0.3 is 4.40 Å². The molecule has 0 saturated carbocycles. The Balaban J connectivity index is 0.940. The first-order valence-corrected chi connectivity index (χ1v) is 26.8. The van der Waals surface area contributed by atoms with Crippen molar-refractivity contribution in [1.82, 2.24) is 23.1 Å². The average molecular weight is 1150 g/mol. The minimum absolute atomic E-state index is 0.0821. The van der Waals surface area contributed by atoms with Crippen molar-refractivity contribution < 1.29 is 24.1 Å². The summed E-state index contributed by atoms with van der Waals surface area (Å²) in [5.74, 6) is 2.01. The van der Waals surface area contributed by atoms with Gasteiger partial charge >= 0.3 is 320 Å². The van der Waals surface area contributed by atoms with E-state index in [1.54, 1.807) is 0 Å². The van der Waals surface area contributed by atoms with Gasteiger partial charge in [0.2, 0.25) is 0 Å². The van der Waals surface area contributed by atoms with Crippen LogP contribution in [0.1, 0.15) is 52.7 Å². The summed E-state index contributed by atoms with van der Waals surface area (Å²) >= 11 is 2.51. The Morgan fingerprint density at radius 2 is 1.03 bits per heavy atom. The first-order chi connectivity index (χ1) is 36.4. The van der Waals surface area contributed by atoms with Crippen LogP contribution in [0.25, 0.3) is 110 Å². The summed E-state index contributed by atoms with van der Waals surface area (Å²) in [7, 11) is 0. The van der Waals surface area contributed by atoms with Crippen LogP contribution in [0.15, 0.2) is 200 Å². The number of aromatic nitrogens is 5. The zero-order valence-corrected chi connectivity index (χ0v) is 44.8. The summed E-state index contributed by atoms with van der Waals surface area (Å²) in [5, 5.41) is 7.21. The number of ether oxygens (including phenoxy) is 1. The number of hydrogen-bond donors (Lipinski definition) is 0. The molecule has 75 heavy (non-hydrogen) atoms. The van der Waals surface area contributed by atoms with Crippen LogP contribution < -0.4 is 4.74 Å². The van der Waals surface area contributed by atoms with Crippen molar-refractivity contribution in [1.29, 1.82) is 0 Å². The number of imidazole rings is 1. The van der Waals surface area contributed by atoms with Crippen LogP contribution in [0, 0.1) is 15.9 Å². The average Bonchev–Trinajstić information content (AvgIpc) is 4.27. The Hall–Kier alpha value is -8.31. The fourth-order valence-electron chi connectivity index (χ4n) is 11.4. The number of benzene rings is 9. The number of nitrogens with zero attached hydrogens (tertiary/aromatic N) is 5. The van der Waals surface area contributed by atoms with Crippen LogP contribution in [0.5, 0.6) is 11.5 Å². The van der Waals surface area contributed by atoms with Crippen molar-refractivity contribution in [3.05, 3.63) is 227 Å². The summed E-state index contributed by atoms with van der Waals surface area (Å²) in [6, 6.07) is 77.4. The van der Waals surface area contributed by atoms with Crippen LogP contribution in [-0.4, -0.2) is 23.1 Å². The Morgan fingerprint density at radius 1 is 0.440 bits per heavy atom. The van der Waals surface area contributed by atoms with Gasteiger partial charge in [-0.2, -0.15) is 0 Å². The molecule has 0 atom stereocenters. The standard InChI is InChI=1S/C68H51N5O.Pt/c1-67(2,3)45-33-34-69-64(37-45)72-61-39-49(31-32-51(61)56-40-57-53-27-18-26-52-50-25-13-14-28-58(50)73(66(52)53)63(57)41-62(56)72)74-48-24-17-23-47(38-48)70-42-71(60-30-16-15-29-59(60)70)65-54(43-19-9-7-10-20-43)35-46(68(4,5)6)36-55(65)44-21-11-8-12-22-44;/h7-37,40-41H,1-6H3;/q-2;. The first kappa shape index (κ1) is 45.3. The van der Waals surface area contributed by atoms with Gasteiger partial charge in [0.05, 0.1) is 16.6 Å². The molecule has 0 spiro atoms. The first-order valence-electron chi connectivity index (χ1n) is 25.6. The van der Waals surface area contributed by atoms with Crippen LogP contribution in [-0.2, 0) is 30.2 Å². The quantitative estimate of drug-likeness (QED) is 0.149. The molecule has 0 amide bonds. The van der Waals surface area contributed by atoms with Gasteiger partial charge in [-0.3, -0.25) is 0 Å². The molecule has 5 heterocycles. The van der Waals surface area contributed by atoms with Gasteiger partial charge in [0.25, 0.3) is 0 Å². The van der Waals surface area contributed by atoms with E-state index in [0.717, 1.165) is 70.5 Å². The molecule has 14 aromatic rings. The smallest absolute Gasteiger partial charge is 0.0620 e. The SMILES string of the molecule is CC(C)(C)c1ccnc(-n2c3[c-]c(Oc4[c-]c(-n5[c](=[Pt])n(-c6c(-c7ccccc7)cc(C(C)(C)C)cc6-c6ccccc6)c6ccccc65)ccc4)ccc3c3cc4c5cccc6c7ccccc7n(c4cc32)c65)c1. The second-order valence-corrected chi connectivity index (χ2v) is 22.8. The molecular formula is C68H51N5OPt-2. The van der Waals surface area contributed by atoms with Crippen molar-refractivity contribution in [3.63, 3.8) is 0 Å². The fourth-order valence-corrected chi connectivity index (χ4v) is 12.5. The van der Waals surface area contributed by atoms with Crippen molar-refractivity contribution in [2.24, 2.45) is 0 Å². The predicted molar refractivity (Wildman–Crippen MR) is 305 cm³/mol. The van der Waals surface area contributed by atoms with E-state index in [1.165, 1.54) is 54.8 Å². The second kappa shape index (κ2) is 16.9. The van der Waals surface area contributed by atoms with Gasteiger partial charge in [-0.15, -0.1) is 0 Å². The maximum absolute atomic E-state index is 6.89. The van der Waals surface area contributed by atoms with Crippen molar-refractivity contribution >= 4 is 70.9 Å². The van der Waals surface area contributed by atoms with Gasteiger partial charge in [0, 0.05) is 27.7 Å². The molecule has 6 nitrogen and oxygen atoms in total. The van der Waals surface area contributed by atoms with E-state index in [2.05, 4.69) is 273 Å². The van der Waals surface area contributed by atoms with Crippen LogP contribution >= 0.6 is 0 Å². The zero-order valence-electron chi connectivity index (χ0n) is 42.5. The van der Waals surface area contributed by atoms with E-state index in [9.17, 15) is 0 Å². The van der Waals surface area contributed by atoms with E-state index in [4.69, 9.17) is 9.72 Å². The molecule has 7 heteroatoms. The Morgan fingerprint density at radius 3 is 1.72 bits per heavy atom. The summed E-state index contributed by atoms with van der Waals surface area (Å²) in [4.78, 5) is 5.07. The monoisotopic (exact) mass is 1150 g/mol. The van der Waals surface area contributed by atoms with E-state index < -0.39 is 0 Å². The molecule has 9 aromatic carbocycles. The van der Waals surface area contributed by atoms with E-state index in [0.29, 0.717) is 11.5 Å². The van der Waals surface area contributed by atoms with Gasteiger partial charge in [-0.25, -0.2) is 0 Å². The normalized spacial score (nSPS) is 12.5. The molecular weight excluding hydrogens is 1100 g/mol. The van der Waals surface area contributed by atoms with Gasteiger partial charge in [-0.1, -0.05) is 57.2 Å². The molecule has 0 aliphatic heterocycles. The molecule has 0 unspecified atom stereocenters. The van der Waals surface area contributed by atoms with Crippen LogP contribution in [0.2, 0.25) is 0 Å². The van der Waals surface area contributed by atoms with Crippen molar-refractivity contribution in [3.8, 4) is 50.9 Å². The fraction of sp³-hybridized carbons (Fsp3) is 0.118. The minimum atomic E-state index is -0.0848. The predicted octanol–water partition coefficient (Wildman–Crippen LogP) is 17.5. The third-order valence-corrected chi connectivity index (χ3v) is 16.1. The number of pyridine rings is 1. The number of para-hydroxylation sites is 4. The molecule has 0 saturated heterocycles. The Bertz CT molecular complexity index is 4600. The molecule has 0 aliphatic rings. The topological polar surface area (TPSA) is 41.3 Å². The van der Waals surface area contributed by atoms with Gasteiger partial charge in [0.15, 0.2) is 0 Å². The molecule has 0 N–H and O–H groups in total. The summed E-state index contributed by atoms with van der Waals surface area (Å²) in [5.41, 5.74) is 16.7. The molecule has 0 aliphatic carbocycles. The maximum atomic E-state index is 6.89. The van der Waals surface area contributed by atoms with E-state index >= 15 is 0 Å². The Kier molecular flexibility index (Phi) is 10.2. The van der Waals surface area contributed by atoms with Crippen molar-refractivity contribution in [2.75, 3.05) is 0 Å². The third kappa shape index (κ3) is 7.18. The molecule has 5 aromatic heterocycles. The number of rotatable bonds is 7. The van der Waals surface area contributed by atoms with E-state index in [1.807, 2.05) is 18.3 Å². The van der Waals surface area contributed by atoms with Crippen molar-refractivity contribution in [2.45, 2.75) is 52.4 Å². The van der Waals surface area contributed by atoms with Gasteiger partial charge in [-0.05, 0) is 23.1 Å².